The van der Waals surface area contributed by atoms with Crippen LogP contribution in [0, 0.1) is 15.9 Å². The van der Waals surface area contributed by atoms with Gasteiger partial charge in [-0.15, -0.1) is 0 Å². The molecule has 10 heteroatoms. The van der Waals surface area contributed by atoms with Gasteiger partial charge in [-0.05, 0) is 50.2 Å². The predicted octanol–water partition coefficient (Wildman–Crippen LogP) is 3.02. The zero-order chi connectivity index (χ0) is 20.4. The molecule has 2 aromatic rings. The summed E-state index contributed by atoms with van der Waals surface area (Å²) in [4.78, 5) is 22.1. The van der Waals surface area contributed by atoms with Gasteiger partial charge in [-0.2, -0.15) is 8.70 Å². The highest BCUT2D eigenvalue weighted by Gasteiger charge is 2.23. The fourth-order valence-electron chi connectivity index (χ4n) is 2.15. The van der Waals surface area contributed by atoms with Gasteiger partial charge in [0.25, 0.3) is 5.91 Å². The van der Waals surface area contributed by atoms with Gasteiger partial charge in [0.2, 0.25) is 15.8 Å². The standard InChI is InChI=1S/C17H18FN3O5S/c1-11(2)20(3)27(25,26)14-7-5-13(6-8-14)19-17(22)12-4-9-15(18)16(10-12)21(23)24/h4-11H,1-3H3,(H,19,22). The number of nitrogens with one attached hydrogen (secondary N) is 1. The third-order valence-electron chi connectivity index (χ3n) is 3.92. The molecule has 2 rings (SSSR count). The zero-order valence-corrected chi connectivity index (χ0v) is 15.7. The molecule has 0 saturated heterocycles. The first-order valence-electron chi connectivity index (χ1n) is 7.87. The Morgan fingerprint density at radius 1 is 1.19 bits per heavy atom. The Kier molecular flexibility index (Phi) is 5.91. The largest absolute Gasteiger partial charge is 0.322 e. The number of nitrogens with zero attached hydrogens (tertiary/aromatic N) is 2. The molecule has 0 spiro atoms. The molecule has 1 amide bonds. The summed E-state index contributed by atoms with van der Waals surface area (Å²) in [5, 5.41) is 13.2. The van der Waals surface area contributed by atoms with Crippen LogP contribution in [0.5, 0.6) is 0 Å². The Morgan fingerprint density at radius 2 is 1.78 bits per heavy atom. The first kappa shape index (κ1) is 20.5. The second-order valence-corrected chi connectivity index (χ2v) is 8.01. The molecule has 0 unspecified atom stereocenters. The molecule has 0 saturated carbocycles. The number of amides is 1. The Bertz CT molecular complexity index is 975. The van der Waals surface area contributed by atoms with Crippen LogP contribution in [0.15, 0.2) is 47.4 Å². The lowest BCUT2D eigenvalue weighted by molar-refractivity contribution is -0.387. The Balaban J connectivity index is 2.21. The summed E-state index contributed by atoms with van der Waals surface area (Å²) in [6.45, 7) is 3.49. The molecule has 0 aliphatic heterocycles. The molecule has 0 aliphatic carbocycles. The molecule has 27 heavy (non-hydrogen) atoms. The maximum absolute atomic E-state index is 13.4. The average Bonchev–Trinajstić information content (AvgIpc) is 2.61. The summed E-state index contributed by atoms with van der Waals surface area (Å²) in [6, 6.07) is 8.06. The van der Waals surface area contributed by atoms with E-state index in [1.165, 1.54) is 35.6 Å². The maximum Gasteiger partial charge on any atom is 0.305 e. The molecule has 0 bridgehead atoms. The van der Waals surface area contributed by atoms with Crippen molar-refractivity contribution in [1.82, 2.24) is 4.31 Å². The molecule has 144 valence electrons. The molecule has 0 aromatic heterocycles. The number of rotatable bonds is 6. The molecule has 0 heterocycles. The van der Waals surface area contributed by atoms with Crippen molar-refractivity contribution in [3.63, 3.8) is 0 Å². The van der Waals surface area contributed by atoms with E-state index in [2.05, 4.69) is 5.32 Å². The van der Waals surface area contributed by atoms with Crippen LogP contribution in [-0.4, -0.2) is 36.6 Å². The number of anilines is 1. The molecule has 0 atom stereocenters. The second-order valence-electron chi connectivity index (χ2n) is 6.02. The molecule has 2 aromatic carbocycles. The summed E-state index contributed by atoms with van der Waals surface area (Å²) in [6.07, 6.45) is 0. The van der Waals surface area contributed by atoms with Gasteiger partial charge in [-0.3, -0.25) is 14.9 Å². The van der Waals surface area contributed by atoms with E-state index in [1.807, 2.05) is 0 Å². The third-order valence-corrected chi connectivity index (χ3v) is 5.97. The van der Waals surface area contributed by atoms with Gasteiger partial charge >= 0.3 is 5.69 Å². The van der Waals surface area contributed by atoms with Gasteiger partial charge < -0.3 is 5.32 Å². The SMILES string of the molecule is CC(C)N(C)S(=O)(=O)c1ccc(NC(=O)c2ccc(F)c([N+](=O)[O-])c2)cc1. The summed E-state index contributed by atoms with van der Waals surface area (Å²) in [7, 11) is -2.18. The number of nitro benzene ring substituents is 1. The minimum absolute atomic E-state index is 0.0640. The Morgan fingerprint density at radius 3 is 2.30 bits per heavy atom. The number of benzene rings is 2. The first-order valence-corrected chi connectivity index (χ1v) is 9.31. The Hall–Kier alpha value is -2.85. The number of halogens is 1. The highest BCUT2D eigenvalue weighted by Crippen LogP contribution is 2.21. The van der Waals surface area contributed by atoms with E-state index >= 15 is 0 Å². The summed E-state index contributed by atoms with van der Waals surface area (Å²) >= 11 is 0. The van der Waals surface area contributed by atoms with Crippen LogP contribution >= 0.6 is 0 Å². The monoisotopic (exact) mass is 395 g/mol. The smallest absolute Gasteiger partial charge is 0.305 e. The number of sulfonamides is 1. The highest BCUT2D eigenvalue weighted by atomic mass is 32.2. The van der Waals surface area contributed by atoms with Crippen molar-refractivity contribution < 1.29 is 22.5 Å². The minimum atomic E-state index is -3.65. The van der Waals surface area contributed by atoms with Crippen molar-refractivity contribution in [2.75, 3.05) is 12.4 Å². The predicted molar refractivity (Wildman–Crippen MR) is 97.5 cm³/mol. The lowest BCUT2D eigenvalue weighted by atomic mass is 10.1. The van der Waals surface area contributed by atoms with Crippen molar-refractivity contribution >= 4 is 27.3 Å². The van der Waals surface area contributed by atoms with E-state index in [-0.39, 0.29) is 22.2 Å². The van der Waals surface area contributed by atoms with Crippen molar-refractivity contribution in [3.8, 4) is 0 Å². The van der Waals surface area contributed by atoms with Crippen LogP contribution in [0.4, 0.5) is 15.8 Å². The van der Waals surface area contributed by atoms with E-state index in [0.717, 1.165) is 18.2 Å². The van der Waals surface area contributed by atoms with Crippen LogP contribution in [-0.2, 0) is 10.0 Å². The van der Waals surface area contributed by atoms with Gasteiger partial charge in [0.15, 0.2) is 0 Å². The van der Waals surface area contributed by atoms with Gasteiger partial charge in [0, 0.05) is 30.4 Å². The molecule has 1 N–H and O–H groups in total. The van der Waals surface area contributed by atoms with E-state index in [4.69, 9.17) is 0 Å². The quantitative estimate of drug-likeness (QED) is 0.597. The van der Waals surface area contributed by atoms with Gasteiger partial charge in [-0.1, -0.05) is 0 Å². The maximum atomic E-state index is 13.4. The van der Waals surface area contributed by atoms with Crippen molar-refractivity contribution in [2.45, 2.75) is 24.8 Å². The summed E-state index contributed by atoms with van der Waals surface area (Å²) in [5.74, 6) is -1.73. The Labute approximate surface area is 155 Å². The van der Waals surface area contributed by atoms with E-state index in [0.29, 0.717) is 0 Å². The first-order chi connectivity index (χ1) is 12.5. The van der Waals surface area contributed by atoms with Crippen LogP contribution in [0.2, 0.25) is 0 Å². The minimum Gasteiger partial charge on any atom is -0.322 e. The van der Waals surface area contributed by atoms with Crippen molar-refractivity contribution in [3.05, 3.63) is 64.0 Å². The highest BCUT2D eigenvalue weighted by molar-refractivity contribution is 7.89. The fraction of sp³-hybridized carbons (Fsp3) is 0.235. The van der Waals surface area contributed by atoms with Gasteiger partial charge in [0.05, 0.1) is 9.82 Å². The van der Waals surface area contributed by atoms with Crippen LogP contribution in [0.25, 0.3) is 0 Å². The number of carbonyl (C=O) groups is 1. The lowest BCUT2D eigenvalue weighted by Crippen LogP contribution is -2.33. The van der Waals surface area contributed by atoms with Crippen molar-refractivity contribution in [2.24, 2.45) is 0 Å². The molecular weight excluding hydrogens is 377 g/mol. The topological polar surface area (TPSA) is 110 Å². The summed E-state index contributed by atoms with van der Waals surface area (Å²) in [5.41, 5.74) is -0.613. The second kappa shape index (κ2) is 7.80. The average molecular weight is 395 g/mol. The van der Waals surface area contributed by atoms with E-state index in [1.54, 1.807) is 13.8 Å². The summed E-state index contributed by atoms with van der Waals surface area (Å²) < 4.78 is 39.4. The fourth-order valence-corrected chi connectivity index (χ4v) is 3.52. The molecule has 0 aliphatic rings. The third kappa shape index (κ3) is 4.47. The molecule has 0 fully saturated rings. The van der Waals surface area contributed by atoms with Gasteiger partial charge in [0.1, 0.15) is 0 Å². The zero-order valence-electron chi connectivity index (χ0n) is 14.8. The van der Waals surface area contributed by atoms with Crippen LogP contribution in [0.3, 0.4) is 0 Å². The number of hydrogen-bond acceptors (Lipinski definition) is 5. The molecular formula is C17H18FN3O5S. The number of hydrogen-bond donors (Lipinski definition) is 1. The van der Waals surface area contributed by atoms with Crippen LogP contribution < -0.4 is 5.32 Å². The van der Waals surface area contributed by atoms with Crippen LogP contribution in [0.1, 0.15) is 24.2 Å². The normalized spacial score (nSPS) is 11.6. The lowest BCUT2D eigenvalue weighted by Gasteiger charge is -2.21. The van der Waals surface area contributed by atoms with E-state index < -0.39 is 32.4 Å². The molecule has 8 nitrogen and oxygen atoms in total. The van der Waals surface area contributed by atoms with Gasteiger partial charge in [-0.25, -0.2) is 8.42 Å². The number of carbonyl (C=O) groups excluding carboxylic acids is 1. The number of nitro groups is 1. The van der Waals surface area contributed by atoms with E-state index in [9.17, 15) is 27.7 Å². The van der Waals surface area contributed by atoms with Crippen molar-refractivity contribution in [1.29, 1.82) is 0 Å². The molecule has 0 radical (unpaired) electrons.